The Kier molecular flexibility index (Phi) is 8.65. The third-order valence-electron chi connectivity index (χ3n) is 5.52. The molecular weight excluding hydrogens is 545 g/mol. The van der Waals surface area contributed by atoms with Crippen LogP contribution >= 0.6 is 23.2 Å². The molecule has 0 fully saturated rings. The van der Waals surface area contributed by atoms with Crippen LogP contribution in [0.1, 0.15) is 15.9 Å². The van der Waals surface area contributed by atoms with E-state index in [1.54, 1.807) is 48.5 Å². The first-order valence-electron chi connectivity index (χ1n) is 11.4. The molecule has 0 aliphatic heterocycles. The number of carbonyl (C=O) groups excluding carboxylic acids is 3. The van der Waals surface area contributed by atoms with Gasteiger partial charge in [-0.25, -0.2) is 10.2 Å². The molecule has 4 aromatic carbocycles. The summed E-state index contributed by atoms with van der Waals surface area (Å²) in [4.78, 5) is 37.6. The lowest BCUT2D eigenvalue weighted by molar-refractivity contribution is -0.136. The van der Waals surface area contributed by atoms with Crippen molar-refractivity contribution in [2.75, 3.05) is 19.5 Å². The van der Waals surface area contributed by atoms with Crippen LogP contribution in [0.2, 0.25) is 10.0 Å². The number of fused-ring (bicyclic) bond motifs is 1. The molecule has 4 rings (SSSR count). The molecule has 4 aromatic rings. The topological polar surface area (TPSA) is 115 Å². The maximum absolute atomic E-state index is 13.0. The molecule has 2 N–H and O–H groups in total. The Morgan fingerprint density at radius 1 is 0.821 bits per heavy atom. The minimum absolute atomic E-state index is 0.0977. The fourth-order valence-corrected chi connectivity index (χ4v) is 3.95. The van der Waals surface area contributed by atoms with Crippen molar-refractivity contribution >= 4 is 63.7 Å². The lowest BCUT2D eigenvalue weighted by Gasteiger charge is -2.12. The number of ether oxygens (including phenoxy) is 3. The Morgan fingerprint density at radius 2 is 1.56 bits per heavy atom. The molecule has 9 nitrogen and oxygen atoms in total. The Bertz CT molecular complexity index is 1610. The fourth-order valence-electron chi connectivity index (χ4n) is 3.61. The lowest BCUT2D eigenvalue weighted by atomic mass is 10.0. The number of esters is 1. The zero-order chi connectivity index (χ0) is 27.9. The fraction of sp³-hybridized carbons (Fsp3) is 0.0714. The molecule has 39 heavy (non-hydrogen) atoms. The van der Waals surface area contributed by atoms with E-state index in [0.717, 1.165) is 5.39 Å². The maximum Gasteiger partial charge on any atom is 0.343 e. The average molecular weight is 566 g/mol. The van der Waals surface area contributed by atoms with Gasteiger partial charge in [0.1, 0.15) is 5.75 Å². The normalized spacial score (nSPS) is 10.8. The zero-order valence-corrected chi connectivity index (χ0v) is 22.2. The van der Waals surface area contributed by atoms with Crippen molar-refractivity contribution in [3.63, 3.8) is 0 Å². The molecule has 0 unspecified atom stereocenters. The predicted molar refractivity (Wildman–Crippen MR) is 149 cm³/mol. The van der Waals surface area contributed by atoms with Crippen LogP contribution < -0.4 is 25.0 Å². The van der Waals surface area contributed by atoms with Crippen molar-refractivity contribution in [2.45, 2.75) is 0 Å². The van der Waals surface area contributed by atoms with Crippen molar-refractivity contribution in [1.82, 2.24) is 5.43 Å². The van der Waals surface area contributed by atoms with E-state index in [0.29, 0.717) is 22.4 Å². The van der Waals surface area contributed by atoms with Crippen molar-refractivity contribution in [1.29, 1.82) is 0 Å². The van der Waals surface area contributed by atoms with E-state index in [1.807, 2.05) is 12.1 Å². The Balaban J connectivity index is 1.56. The highest BCUT2D eigenvalue weighted by molar-refractivity contribution is 6.45. The number of anilines is 1. The Morgan fingerprint density at radius 3 is 2.33 bits per heavy atom. The molecule has 0 aromatic heterocycles. The predicted octanol–water partition coefficient (Wildman–Crippen LogP) is 5.47. The summed E-state index contributed by atoms with van der Waals surface area (Å²) in [5.74, 6) is -1.69. The highest BCUT2D eigenvalue weighted by Crippen LogP contribution is 2.31. The molecule has 0 radical (unpaired) electrons. The summed E-state index contributed by atoms with van der Waals surface area (Å²) < 4.78 is 16.1. The Labute approximate surface area is 233 Å². The first-order chi connectivity index (χ1) is 18.8. The lowest BCUT2D eigenvalue weighted by Crippen LogP contribution is -2.32. The first-order valence-corrected chi connectivity index (χ1v) is 12.1. The number of carbonyl (C=O) groups is 3. The summed E-state index contributed by atoms with van der Waals surface area (Å²) in [6, 6.07) is 20.0. The van der Waals surface area contributed by atoms with Gasteiger partial charge < -0.3 is 19.5 Å². The number of nitrogens with one attached hydrogen (secondary N) is 2. The molecule has 0 saturated heterocycles. The van der Waals surface area contributed by atoms with E-state index >= 15 is 0 Å². The van der Waals surface area contributed by atoms with E-state index in [2.05, 4.69) is 15.8 Å². The molecule has 198 valence electrons. The van der Waals surface area contributed by atoms with Crippen molar-refractivity contribution in [3.05, 3.63) is 94.0 Å². The number of hydrogen-bond acceptors (Lipinski definition) is 7. The Hall–Kier alpha value is -4.60. The van der Waals surface area contributed by atoms with Crippen molar-refractivity contribution in [2.24, 2.45) is 5.10 Å². The summed E-state index contributed by atoms with van der Waals surface area (Å²) in [7, 11) is 2.95. The highest BCUT2D eigenvalue weighted by Gasteiger charge is 2.18. The van der Waals surface area contributed by atoms with Gasteiger partial charge >= 0.3 is 17.8 Å². The molecule has 0 aliphatic carbocycles. The van der Waals surface area contributed by atoms with Crippen LogP contribution in [0.5, 0.6) is 17.2 Å². The summed E-state index contributed by atoms with van der Waals surface area (Å²) >= 11 is 12.0. The third kappa shape index (κ3) is 6.28. The highest BCUT2D eigenvalue weighted by atomic mass is 35.5. The second-order valence-electron chi connectivity index (χ2n) is 7.91. The van der Waals surface area contributed by atoms with Crippen LogP contribution in [-0.4, -0.2) is 38.2 Å². The molecular formula is C28H21Cl2N3O6. The monoisotopic (exact) mass is 565 g/mol. The van der Waals surface area contributed by atoms with Gasteiger partial charge in [-0.15, -0.1) is 0 Å². The van der Waals surface area contributed by atoms with Crippen LogP contribution in [0, 0.1) is 0 Å². The van der Waals surface area contributed by atoms with Crippen molar-refractivity contribution in [3.8, 4) is 17.2 Å². The quantitative estimate of drug-likeness (QED) is 0.101. The van der Waals surface area contributed by atoms with E-state index in [4.69, 9.17) is 37.4 Å². The molecule has 0 heterocycles. The number of halogens is 2. The number of amides is 2. The maximum atomic E-state index is 13.0. The van der Waals surface area contributed by atoms with Gasteiger partial charge in [0.25, 0.3) is 0 Å². The number of nitrogens with zero attached hydrogens (tertiary/aromatic N) is 1. The van der Waals surface area contributed by atoms with Gasteiger partial charge in [0, 0.05) is 5.56 Å². The first kappa shape index (κ1) is 27.4. The van der Waals surface area contributed by atoms with E-state index in [1.165, 1.54) is 32.6 Å². The molecule has 2 amide bonds. The molecule has 0 spiro atoms. The molecule has 0 atom stereocenters. The second-order valence-corrected chi connectivity index (χ2v) is 8.70. The summed E-state index contributed by atoms with van der Waals surface area (Å²) in [6.07, 6.45) is 1.29. The third-order valence-corrected chi connectivity index (χ3v) is 6.34. The number of hydrogen-bond donors (Lipinski definition) is 2. The van der Waals surface area contributed by atoms with E-state index in [-0.39, 0.29) is 27.0 Å². The van der Waals surface area contributed by atoms with Gasteiger partial charge in [0.15, 0.2) is 11.5 Å². The van der Waals surface area contributed by atoms with Crippen molar-refractivity contribution < 1.29 is 28.6 Å². The summed E-state index contributed by atoms with van der Waals surface area (Å²) in [5.41, 5.74) is 2.97. The largest absolute Gasteiger partial charge is 0.493 e. The van der Waals surface area contributed by atoms with Gasteiger partial charge in [-0.3, -0.25) is 9.59 Å². The van der Waals surface area contributed by atoms with E-state index < -0.39 is 17.8 Å². The van der Waals surface area contributed by atoms with Gasteiger partial charge in [-0.05, 0) is 47.2 Å². The SMILES string of the molecule is COc1ccc(C(=O)Oc2ccc3ccccc3c2/C=N\NC(=O)C(=O)Nc2cccc(Cl)c2Cl)cc1OC. The average Bonchev–Trinajstić information content (AvgIpc) is 2.95. The number of rotatable bonds is 7. The van der Waals surface area contributed by atoms with Crippen LogP contribution in [0.25, 0.3) is 10.8 Å². The minimum atomic E-state index is -1.05. The van der Waals surface area contributed by atoms with Gasteiger partial charge in [-0.1, -0.05) is 59.6 Å². The smallest absolute Gasteiger partial charge is 0.343 e. The number of hydrazone groups is 1. The zero-order valence-electron chi connectivity index (χ0n) is 20.7. The summed E-state index contributed by atoms with van der Waals surface area (Å²) in [6.45, 7) is 0. The van der Waals surface area contributed by atoms with Crippen LogP contribution in [-0.2, 0) is 9.59 Å². The minimum Gasteiger partial charge on any atom is -0.493 e. The molecule has 0 saturated carbocycles. The van der Waals surface area contributed by atoms with Gasteiger partial charge in [0.2, 0.25) is 0 Å². The van der Waals surface area contributed by atoms with Gasteiger partial charge in [-0.2, -0.15) is 5.10 Å². The van der Waals surface area contributed by atoms with E-state index in [9.17, 15) is 14.4 Å². The van der Waals surface area contributed by atoms with Gasteiger partial charge in [0.05, 0.1) is 41.7 Å². The summed E-state index contributed by atoms with van der Waals surface area (Å²) in [5, 5.41) is 8.14. The second kappa shape index (κ2) is 12.3. The molecule has 11 heteroatoms. The number of benzene rings is 4. The molecule has 0 aliphatic rings. The van der Waals surface area contributed by atoms with Crippen LogP contribution in [0.4, 0.5) is 5.69 Å². The van der Waals surface area contributed by atoms with Crippen LogP contribution in [0.3, 0.4) is 0 Å². The number of methoxy groups -OCH3 is 2. The van der Waals surface area contributed by atoms with Crippen LogP contribution in [0.15, 0.2) is 77.9 Å². The standard InChI is InChI=1S/C28H21Cl2N3O6/c1-37-23-13-11-17(14-24(23)38-2)28(36)39-22-12-10-16-6-3-4-7-18(16)19(22)15-31-33-27(35)26(34)32-21-9-5-8-20(29)25(21)30/h3-15H,1-2H3,(H,32,34)(H,33,35)/b31-15-. The molecule has 0 bridgehead atoms.